The second-order valence-electron chi connectivity index (χ2n) is 7.98. The molecule has 2 aromatic rings. The number of rotatable bonds is 5. The van der Waals surface area contributed by atoms with E-state index in [4.69, 9.17) is 25.8 Å². The van der Waals surface area contributed by atoms with E-state index >= 15 is 0 Å². The normalized spacial score (nSPS) is 22.5. The maximum Gasteiger partial charge on any atom is 0.231 e. The molecule has 0 saturated carbocycles. The molecule has 1 N–H and O–H groups in total. The number of benzene rings is 1. The molecule has 2 aliphatic rings. The highest BCUT2D eigenvalue weighted by Gasteiger charge is 2.61. The molecule has 2 heterocycles. The maximum atomic E-state index is 13.7. The number of methoxy groups -OCH3 is 2. The average Bonchev–Trinajstić information content (AvgIpc) is 3.12. The van der Waals surface area contributed by atoms with Gasteiger partial charge in [-0.05, 0) is 24.6 Å². The van der Waals surface area contributed by atoms with Crippen LogP contribution < -0.4 is 14.2 Å². The van der Waals surface area contributed by atoms with E-state index in [1.165, 1.54) is 20.3 Å². The van der Waals surface area contributed by atoms with E-state index in [0.717, 1.165) is 5.56 Å². The molecule has 0 radical (unpaired) electrons. The number of ether oxygens (including phenoxy) is 3. The highest BCUT2D eigenvalue weighted by molar-refractivity contribution is 6.35. The lowest BCUT2D eigenvalue weighted by molar-refractivity contribution is -0.118. The fourth-order valence-electron chi connectivity index (χ4n) is 4.31. The number of halogens is 1. The number of allylic oxidation sites excluding steroid dienone is 1. The molecule has 0 saturated heterocycles. The van der Waals surface area contributed by atoms with Gasteiger partial charge in [-0.25, -0.2) is 0 Å². The van der Waals surface area contributed by atoms with Crippen molar-refractivity contribution < 1.29 is 28.9 Å². The van der Waals surface area contributed by atoms with E-state index in [9.17, 15) is 14.7 Å². The summed E-state index contributed by atoms with van der Waals surface area (Å²) in [6, 6.07) is 5.10. The lowest BCUT2D eigenvalue weighted by Crippen LogP contribution is -2.53. The first-order valence-electron chi connectivity index (χ1n) is 10.3. The molecule has 0 fully saturated rings. The number of ketones is 2. The SMILES string of the molecule is COc1cc(OC)c2c(c1Cl)O[C@]1(C2=O)C(O)=C(C(C)=NCc2ccncc2)C(=O)C[C@H]1C. The minimum Gasteiger partial charge on any atom is -0.507 e. The predicted octanol–water partition coefficient (Wildman–Crippen LogP) is 4.15. The lowest BCUT2D eigenvalue weighted by Gasteiger charge is -2.37. The van der Waals surface area contributed by atoms with Crippen molar-refractivity contribution in [3.8, 4) is 17.2 Å². The van der Waals surface area contributed by atoms with Crippen molar-refractivity contribution in [2.75, 3.05) is 14.2 Å². The van der Waals surface area contributed by atoms with Crippen LogP contribution in [-0.4, -0.2) is 47.2 Å². The van der Waals surface area contributed by atoms with Crippen molar-refractivity contribution >= 4 is 28.9 Å². The Hall–Kier alpha value is -3.39. The number of carbonyl (C=O) groups is 2. The number of aliphatic hydroxyl groups excluding tert-OH is 1. The van der Waals surface area contributed by atoms with Crippen LogP contribution in [0.1, 0.15) is 36.2 Å². The van der Waals surface area contributed by atoms with E-state index in [0.29, 0.717) is 5.71 Å². The van der Waals surface area contributed by atoms with E-state index in [-0.39, 0.29) is 52.2 Å². The Bertz CT molecular complexity index is 1210. The minimum atomic E-state index is -1.82. The number of aliphatic hydroxyl groups is 1. The summed E-state index contributed by atoms with van der Waals surface area (Å²) in [5.41, 5.74) is -0.543. The number of aliphatic imine (C=N–C) groups is 1. The van der Waals surface area contributed by atoms with Gasteiger partial charge >= 0.3 is 0 Å². The van der Waals surface area contributed by atoms with Gasteiger partial charge in [-0.3, -0.25) is 19.6 Å². The monoisotopic (exact) mass is 470 g/mol. The van der Waals surface area contributed by atoms with Gasteiger partial charge in [0.05, 0.1) is 26.3 Å². The van der Waals surface area contributed by atoms with Gasteiger partial charge in [0.25, 0.3) is 0 Å². The molecule has 4 rings (SSSR count). The summed E-state index contributed by atoms with van der Waals surface area (Å²) in [4.78, 5) is 35.1. The Kier molecular flexibility index (Phi) is 5.88. The highest BCUT2D eigenvalue weighted by atomic mass is 35.5. The van der Waals surface area contributed by atoms with Gasteiger partial charge in [0.15, 0.2) is 17.3 Å². The summed E-state index contributed by atoms with van der Waals surface area (Å²) in [5.74, 6) is -1.46. The standard InChI is InChI=1S/C24H23ClN2O6/c1-12-9-15(28)18(13(2)27-11-14-5-7-26-8-6-14)22(29)24(12)23(30)19-16(31-3)10-17(32-4)20(25)21(19)33-24/h5-8,10,12,29H,9,11H2,1-4H3/t12-,24+/m1/s1. The zero-order valence-corrected chi connectivity index (χ0v) is 19.4. The first-order chi connectivity index (χ1) is 15.8. The van der Waals surface area contributed by atoms with E-state index < -0.39 is 23.1 Å². The zero-order chi connectivity index (χ0) is 23.9. The van der Waals surface area contributed by atoms with Crippen LogP contribution in [-0.2, 0) is 11.3 Å². The molecule has 0 bridgehead atoms. The first kappa shape index (κ1) is 22.8. The molecule has 1 aliphatic heterocycles. The highest BCUT2D eigenvalue weighted by Crippen LogP contribution is 2.54. The molecule has 1 aliphatic carbocycles. The van der Waals surface area contributed by atoms with Gasteiger partial charge in [-0.2, -0.15) is 0 Å². The fraction of sp³-hybridized carbons (Fsp3) is 0.333. The molecule has 8 nitrogen and oxygen atoms in total. The molecule has 9 heteroatoms. The van der Waals surface area contributed by atoms with E-state index in [2.05, 4.69) is 9.98 Å². The van der Waals surface area contributed by atoms with Crippen molar-refractivity contribution in [1.82, 2.24) is 4.98 Å². The fourth-order valence-corrected chi connectivity index (χ4v) is 4.57. The smallest absolute Gasteiger partial charge is 0.231 e. The Morgan fingerprint density at radius 1 is 1.27 bits per heavy atom. The van der Waals surface area contributed by atoms with Crippen LogP contribution in [0.3, 0.4) is 0 Å². The van der Waals surface area contributed by atoms with Gasteiger partial charge in [0.2, 0.25) is 11.4 Å². The van der Waals surface area contributed by atoms with Crippen LogP contribution in [0.15, 0.2) is 46.9 Å². The summed E-state index contributed by atoms with van der Waals surface area (Å²) in [7, 11) is 2.84. The van der Waals surface area contributed by atoms with Gasteiger partial charge in [0, 0.05) is 36.5 Å². The van der Waals surface area contributed by atoms with Crippen LogP contribution in [0.4, 0.5) is 0 Å². The minimum absolute atomic E-state index is 0.0156. The van der Waals surface area contributed by atoms with Crippen LogP contribution in [0.2, 0.25) is 5.02 Å². The van der Waals surface area contributed by atoms with Crippen LogP contribution in [0.5, 0.6) is 17.2 Å². The van der Waals surface area contributed by atoms with Gasteiger partial charge in [-0.1, -0.05) is 18.5 Å². The number of aromatic nitrogens is 1. The molecule has 1 spiro atoms. The zero-order valence-electron chi connectivity index (χ0n) is 18.6. The van der Waals surface area contributed by atoms with Crippen LogP contribution in [0.25, 0.3) is 0 Å². The molecule has 172 valence electrons. The van der Waals surface area contributed by atoms with Gasteiger partial charge < -0.3 is 19.3 Å². The Balaban J connectivity index is 1.84. The van der Waals surface area contributed by atoms with Crippen molar-refractivity contribution in [2.45, 2.75) is 32.4 Å². The van der Waals surface area contributed by atoms with Gasteiger partial charge in [-0.15, -0.1) is 0 Å². The molecule has 1 aromatic heterocycles. The first-order valence-corrected chi connectivity index (χ1v) is 10.7. The second-order valence-corrected chi connectivity index (χ2v) is 8.35. The number of fused-ring (bicyclic) bond motifs is 1. The molecular formula is C24H23ClN2O6. The van der Waals surface area contributed by atoms with Crippen molar-refractivity contribution in [1.29, 1.82) is 0 Å². The molecule has 0 unspecified atom stereocenters. The lowest BCUT2D eigenvalue weighted by atomic mass is 9.72. The third kappa shape index (κ3) is 3.45. The number of nitrogens with zero attached hydrogens (tertiary/aromatic N) is 2. The number of hydrogen-bond acceptors (Lipinski definition) is 8. The second kappa shape index (κ2) is 8.51. The topological polar surface area (TPSA) is 107 Å². The Morgan fingerprint density at radius 3 is 2.58 bits per heavy atom. The number of carbonyl (C=O) groups excluding carboxylic acids is 2. The summed E-state index contributed by atoms with van der Waals surface area (Å²) in [6.45, 7) is 3.58. The number of Topliss-reactive ketones (excluding diaryl/α,β-unsaturated/α-hetero) is 2. The molecular weight excluding hydrogens is 448 g/mol. The van der Waals surface area contributed by atoms with Crippen molar-refractivity contribution in [3.63, 3.8) is 0 Å². The quantitative estimate of drug-likeness (QED) is 0.654. The average molecular weight is 471 g/mol. The maximum absolute atomic E-state index is 13.7. The Morgan fingerprint density at radius 2 is 1.94 bits per heavy atom. The third-order valence-corrected chi connectivity index (χ3v) is 6.44. The van der Waals surface area contributed by atoms with Crippen molar-refractivity contribution in [3.05, 3.63) is 58.1 Å². The summed E-state index contributed by atoms with van der Waals surface area (Å²) in [6.07, 6.45) is 3.28. The summed E-state index contributed by atoms with van der Waals surface area (Å²) < 4.78 is 16.8. The largest absolute Gasteiger partial charge is 0.507 e. The summed E-state index contributed by atoms with van der Waals surface area (Å²) in [5, 5.41) is 11.4. The van der Waals surface area contributed by atoms with Crippen LogP contribution in [0, 0.1) is 5.92 Å². The molecule has 33 heavy (non-hydrogen) atoms. The predicted molar refractivity (Wildman–Crippen MR) is 122 cm³/mol. The van der Waals surface area contributed by atoms with Crippen molar-refractivity contribution in [2.24, 2.45) is 10.9 Å². The number of hydrogen-bond donors (Lipinski definition) is 1. The molecule has 1 aromatic carbocycles. The van der Waals surface area contributed by atoms with Crippen LogP contribution >= 0.6 is 11.6 Å². The van der Waals surface area contributed by atoms with E-state index in [1.807, 2.05) is 0 Å². The van der Waals surface area contributed by atoms with E-state index in [1.54, 1.807) is 38.4 Å². The summed E-state index contributed by atoms with van der Waals surface area (Å²) >= 11 is 6.44. The number of pyridine rings is 1. The molecule has 2 atom stereocenters. The molecule has 0 amide bonds. The Labute approximate surface area is 195 Å². The third-order valence-electron chi connectivity index (χ3n) is 6.08. The van der Waals surface area contributed by atoms with Gasteiger partial charge in [0.1, 0.15) is 22.1 Å².